The van der Waals surface area contributed by atoms with Gasteiger partial charge in [0.1, 0.15) is 11.5 Å². The Kier molecular flexibility index (Phi) is 6.72. The van der Waals surface area contributed by atoms with E-state index >= 15 is 0 Å². The monoisotopic (exact) mass is 478 g/mol. The first-order chi connectivity index (χ1) is 16.7. The Hall–Kier alpha value is -3.06. The number of halogens is 1. The van der Waals surface area contributed by atoms with E-state index in [2.05, 4.69) is 4.90 Å². The van der Waals surface area contributed by atoms with Gasteiger partial charge < -0.3 is 18.5 Å². The number of fused-ring (bicyclic) bond motifs is 1. The van der Waals surface area contributed by atoms with Crippen molar-refractivity contribution in [3.05, 3.63) is 71.4 Å². The zero-order valence-corrected chi connectivity index (χ0v) is 19.9. The summed E-state index contributed by atoms with van der Waals surface area (Å²) in [5, 5.41) is 0.666. The number of aromatic nitrogens is 1. The molecule has 1 saturated heterocycles. The second kappa shape index (κ2) is 10.1. The van der Waals surface area contributed by atoms with Crippen LogP contribution in [0.1, 0.15) is 17.4 Å². The number of nitrogens with zero attached hydrogens (tertiary/aromatic N) is 2. The second-order valence-corrected chi connectivity index (χ2v) is 8.68. The van der Waals surface area contributed by atoms with Crippen LogP contribution in [0.5, 0.6) is 0 Å². The Morgan fingerprint density at radius 2 is 1.74 bits per heavy atom. The van der Waals surface area contributed by atoms with Crippen molar-refractivity contribution >= 4 is 28.7 Å². The number of carbonyl (C=O) groups is 1. The fraction of sp³-hybridized carbons (Fsp3) is 0.296. The maximum atomic E-state index is 12.9. The number of ether oxygens (including phenoxy) is 2. The minimum atomic E-state index is -0.348. The molecule has 0 saturated carbocycles. The van der Waals surface area contributed by atoms with Crippen LogP contribution in [-0.2, 0) is 16.0 Å². The molecule has 0 aliphatic carbocycles. The minimum absolute atomic E-state index is 0.314. The molecule has 4 aromatic rings. The minimum Gasteiger partial charge on any atom is -0.461 e. The van der Waals surface area contributed by atoms with Gasteiger partial charge in [0.25, 0.3) is 0 Å². The Morgan fingerprint density at radius 3 is 2.44 bits per heavy atom. The number of carbonyl (C=O) groups excluding carboxylic acids is 1. The molecule has 1 fully saturated rings. The second-order valence-electron chi connectivity index (χ2n) is 8.25. The molecule has 0 unspecified atom stereocenters. The normalized spacial score (nSPS) is 14.5. The van der Waals surface area contributed by atoms with E-state index in [1.165, 1.54) is 0 Å². The van der Waals surface area contributed by atoms with Gasteiger partial charge in [0, 0.05) is 42.8 Å². The van der Waals surface area contributed by atoms with Crippen molar-refractivity contribution in [3.63, 3.8) is 0 Å². The molecule has 1 aliphatic heterocycles. The summed E-state index contributed by atoms with van der Waals surface area (Å²) in [6.07, 6.45) is 0. The van der Waals surface area contributed by atoms with Gasteiger partial charge in [-0.15, -0.1) is 0 Å². The topological polar surface area (TPSA) is 56.8 Å². The molecule has 3 heterocycles. The van der Waals surface area contributed by atoms with Crippen LogP contribution in [-0.4, -0.2) is 54.9 Å². The molecule has 176 valence electrons. The molecule has 7 heteroatoms. The van der Waals surface area contributed by atoms with Crippen molar-refractivity contribution in [1.29, 1.82) is 0 Å². The molecule has 0 bridgehead atoms. The van der Waals surface area contributed by atoms with Crippen LogP contribution in [0.4, 0.5) is 0 Å². The summed E-state index contributed by atoms with van der Waals surface area (Å²) in [6.45, 7) is 6.77. The SMILES string of the molecule is CCOC(=O)c1cc2oc(-c3ccccc3)c(-c3ccc(Cl)cc3)c2n1CCN1CCOCC1. The molecule has 2 aromatic carbocycles. The summed E-state index contributed by atoms with van der Waals surface area (Å²) in [7, 11) is 0. The third-order valence-electron chi connectivity index (χ3n) is 6.13. The lowest BCUT2D eigenvalue weighted by Gasteiger charge is -2.27. The standard InChI is InChI=1S/C27H27ClN2O4/c1-2-33-27(31)22-18-23-25(30(22)13-12-29-14-16-32-17-15-29)24(19-8-10-21(28)11-9-19)26(34-23)20-6-4-3-5-7-20/h3-11,18H,2,12-17H2,1H3. The Bertz CT molecular complexity index is 1270. The van der Waals surface area contributed by atoms with Crippen LogP contribution >= 0.6 is 11.6 Å². The fourth-order valence-electron chi connectivity index (χ4n) is 4.48. The van der Waals surface area contributed by atoms with E-state index in [0.717, 1.165) is 60.8 Å². The number of hydrogen-bond donors (Lipinski definition) is 0. The van der Waals surface area contributed by atoms with Gasteiger partial charge in [-0.2, -0.15) is 0 Å². The first kappa shape index (κ1) is 22.7. The number of hydrogen-bond acceptors (Lipinski definition) is 5. The summed E-state index contributed by atoms with van der Waals surface area (Å²) >= 11 is 6.19. The van der Waals surface area contributed by atoms with Gasteiger partial charge in [-0.25, -0.2) is 4.79 Å². The number of esters is 1. The molecular formula is C27H27ClN2O4. The van der Waals surface area contributed by atoms with E-state index < -0.39 is 0 Å². The summed E-state index contributed by atoms with van der Waals surface area (Å²) in [5.41, 5.74) is 4.93. The van der Waals surface area contributed by atoms with E-state index in [9.17, 15) is 4.79 Å². The smallest absolute Gasteiger partial charge is 0.355 e. The van der Waals surface area contributed by atoms with Gasteiger partial charge in [-0.3, -0.25) is 4.90 Å². The molecule has 0 amide bonds. The van der Waals surface area contributed by atoms with Crippen molar-refractivity contribution in [2.45, 2.75) is 13.5 Å². The largest absolute Gasteiger partial charge is 0.461 e. The van der Waals surface area contributed by atoms with Crippen molar-refractivity contribution in [3.8, 4) is 22.5 Å². The summed E-state index contributed by atoms with van der Waals surface area (Å²) < 4.78 is 19.3. The van der Waals surface area contributed by atoms with Crippen molar-refractivity contribution < 1.29 is 18.7 Å². The van der Waals surface area contributed by atoms with E-state index in [4.69, 9.17) is 25.5 Å². The van der Waals surface area contributed by atoms with Gasteiger partial charge in [0.05, 0.1) is 30.9 Å². The Morgan fingerprint density at radius 1 is 1.00 bits per heavy atom. The number of furan rings is 1. The third-order valence-corrected chi connectivity index (χ3v) is 6.39. The van der Waals surface area contributed by atoms with Gasteiger partial charge in [-0.1, -0.05) is 54.1 Å². The van der Waals surface area contributed by atoms with Crippen LogP contribution in [0.2, 0.25) is 5.02 Å². The highest BCUT2D eigenvalue weighted by Crippen LogP contribution is 2.42. The Balaban J connectivity index is 1.68. The number of benzene rings is 2. The quantitative estimate of drug-likeness (QED) is 0.317. The summed E-state index contributed by atoms with van der Waals surface area (Å²) in [5.74, 6) is 0.419. The molecule has 1 aliphatic rings. The third kappa shape index (κ3) is 4.49. The molecular weight excluding hydrogens is 452 g/mol. The zero-order valence-electron chi connectivity index (χ0n) is 19.1. The molecule has 0 atom stereocenters. The van der Waals surface area contributed by atoms with Crippen LogP contribution in [0, 0.1) is 0 Å². The lowest BCUT2D eigenvalue weighted by Crippen LogP contribution is -2.38. The fourth-order valence-corrected chi connectivity index (χ4v) is 4.60. The summed E-state index contributed by atoms with van der Waals surface area (Å²) in [4.78, 5) is 15.2. The molecule has 34 heavy (non-hydrogen) atoms. The van der Waals surface area contributed by atoms with Gasteiger partial charge in [0.15, 0.2) is 5.58 Å². The Labute approximate surface area is 203 Å². The van der Waals surface area contributed by atoms with Crippen molar-refractivity contribution in [1.82, 2.24) is 9.47 Å². The molecule has 0 N–H and O–H groups in total. The number of morpholine rings is 1. The van der Waals surface area contributed by atoms with Gasteiger partial charge in [-0.05, 0) is 24.6 Å². The zero-order chi connectivity index (χ0) is 23.5. The molecule has 2 aromatic heterocycles. The predicted octanol–water partition coefficient (Wildman–Crippen LogP) is 5.73. The van der Waals surface area contributed by atoms with E-state index in [1.54, 1.807) is 6.07 Å². The molecule has 0 radical (unpaired) electrons. The van der Waals surface area contributed by atoms with E-state index in [1.807, 2.05) is 66.1 Å². The maximum Gasteiger partial charge on any atom is 0.355 e. The lowest BCUT2D eigenvalue weighted by atomic mass is 10.0. The average molecular weight is 479 g/mol. The van der Waals surface area contributed by atoms with Crippen LogP contribution < -0.4 is 0 Å². The molecule has 5 rings (SSSR count). The van der Waals surface area contributed by atoms with Crippen LogP contribution in [0.3, 0.4) is 0 Å². The first-order valence-electron chi connectivity index (χ1n) is 11.6. The van der Waals surface area contributed by atoms with Crippen molar-refractivity contribution in [2.75, 3.05) is 39.5 Å². The lowest BCUT2D eigenvalue weighted by molar-refractivity contribution is 0.0359. The first-order valence-corrected chi connectivity index (χ1v) is 12.0. The number of rotatable bonds is 7. The van der Waals surface area contributed by atoms with Crippen LogP contribution in [0.15, 0.2) is 65.1 Å². The molecule has 6 nitrogen and oxygen atoms in total. The predicted molar refractivity (Wildman–Crippen MR) is 133 cm³/mol. The van der Waals surface area contributed by atoms with Gasteiger partial charge in [0.2, 0.25) is 0 Å². The van der Waals surface area contributed by atoms with E-state index in [-0.39, 0.29) is 5.97 Å². The van der Waals surface area contributed by atoms with Gasteiger partial charge >= 0.3 is 5.97 Å². The maximum absolute atomic E-state index is 12.9. The highest BCUT2D eigenvalue weighted by molar-refractivity contribution is 6.30. The van der Waals surface area contributed by atoms with Crippen LogP contribution in [0.25, 0.3) is 33.6 Å². The highest BCUT2D eigenvalue weighted by atomic mass is 35.5. The van der Waals surface area contributed by atoms with Crippen molar-refractivity contribution in [2.24, 2.45) is 0 Å². The van der Waals surface area contributed by atoms with E-state index in [0.29, 0.717) is 29.5 Å². The molecule has 0 spiro atoms. The average Bonchev–Trinajstić information content (AvgIpc) is 3.41. The highest BCUT2D eigenvalue weighted by Gasteiger charge is 2.26. The summed E-state index contributed by atoms with van der Waals surface area (Å²) in [6, 6.07) is 19.5.